The summed E-state index contributed by atoms with van der Waals surface area (Å²) in [5, 5.41) is 0. The van der Waals surface area contributed by atoms with Gasteiger partial charge in [-0.05, 0) is 47.1 Å². The molecule has 2 unspecified atom stereocenters. The van der Waals surface area contributed by atoms with Gasteiger partial charge < -0.3 is 4.74 Å². The third kappa shape index (κ3) is 3.63. The van der Waals surface area contributed by atoms with E-state index in [2.05, 4.69) is 54.6 Å². The summed E-state index contributed by atoms with van der Waals surface area (Å²) in [6.07, 6.45) is 4.99. The Kier molecular flexibility index (Phi) is 5.10. The van der Waals surface area contributed by atoms with Gasteiger partial charge in [-0.2, -0.15) is 0 Å². The number of amides is 1. The van der Waals surface area contributed by atoms with Crippen LogP contribution >= 0.6 is 0 Å². The molecule has 2 heterocycles. The van der Waals surface area contributed by atoms with Crippen molar-refractivity contribution >= 4 is 11.7 Å². The second kappa shape index (κ2) is 8.19. The number of hydrogen-bond acceptors (Lipinski definition) is 2. The van der Waals surface area contributed by atoms with E-state index >= 15 is 0 Å². The molecule has 2 atom stereocenters. The maximum absolute atomic E-state index is 12.8. The normalized spacial score (nSPS) is 20.0. The summed E-state index contributed by atoms with van der Waals surface area (Å²) in [7, 11) is 0. The zero-order chi connectivity index (χ0) is 20.3. The van der Waals surface area contributed by atoms with Crippen molar-refractivity contribution in [1.29, 1.82) is 0 Å². The molecule has 1 saturated heterocycles. The molecule has 30 heavy (non-hydrogen) atoms. The van der Waals surface area contributed by atoms with Crippen LogP contribution in [0.2, 0.25) is 0 Å². The summed E-state index contributed by atoms with van der Waals surface area (Å²) in [6, 6.07) is 29.3. The van der Waals surface area contributed by atoms with E-state index in [0.717, 1.165) is 24.8 Å². The van der Waals surface area contributed by atoms with Gasteiger partial charge in [-0.25, -0.2) is 4.79 Å². The Bertz CT molecular complexity index is 1060. The summed E-state index contributed by atoms with van der Waals surface area (Å²) < 4.78 is 5.64. The molecule has 1 amide bonds. The van der Waals surface area contributed by atoms with Crippen LogP contribution in [0.3, 0.4) is 0 Å². The molecule has 0 spiro atoms. The average Bonchev–Trinajstić information content (AvgIpc) is 3.08. The van der Waals surface area contributed by atoms with Crippen molar-refractivity contribution in [2.45, 2.75) is 38.0 Å². The number of carbonyl (C=O) groups excluding carboxylic acids is 1. The number of carbonyl (C=O) groups is 1. The summed E-state index contributed by atoms with van der Waals surface area (Å²) in [5.74, 6) is 0. The summed E-state index contributed by atoms with van der Waals surface area (Å²) in [5.41, 5.74) is 6.12. The van der Waals surface area contributed by atoms with Crippen molar-refractivity contribution in [2.24, 2.45) is 0 Å². The van der Waals surface area contributed by atoms with Crippen LogP contribution in [-0.2, 0) is 11.3 Å². The van der Waals surface area contributed by atoms with Crippen molar-refractivity contribution in [3.8, 4) is 11.1 Å². The van der Waals surface area contributed by atoms with E-state index in [-0.39, 0.29) is 18.2 Å². The van der Waals surface area contributed by atoms with Crippen LogP contribution in [-0.4, -0.2) is 23.1 Å². The first-order valence-electron chi connectivity index (χ1n) is 10.6. The van der Waals surface area contributed by atoms with Crippen LogP contribution in [0.1, 0.15) is 30.4 Å². The van der Waals surface area contributed by atoms with Crippen LogP contribution in [0.15, 0.2) is 91.0 Å². The van der Waals surface area contributed by atoms with E-state index in [0.29, 0.717) is 6.61 Å². The highest BCUT2D eigenvalue weighted by atomic mass is 16.6. The first kappa shape index (κ1) is 18.7. The van der Waals surface area contributed by atoms with E-state index in [9.17, 15) is 4.79 Å². The molecular formula is C27H25NO2. The Morgan fingerprint density at radius 3 is 2.23 bits per heavy atom. The first-order valence-corrected chi connectivity index (χ1v) is 10.6. The van der Waals surface area contributed by atoms with Gasteiger partial charge in [-0.15, -0.1) is 0 Å². The largest absolute Gasteiger partial charge is 0.445 e. The summed E-state index contributed by atoms with van der Waals surface area (Å²) in [4.78, 5) is 14.8. The minimum absolute atomic E-state index is 0.117. The maximum atomic E-state index is 12.8. The number of hydrogen-bond donors (Lipinski definition) is 0. The van der Waals surface area contributed by atoms with Gasteiger partial charge in [0.15, 0.2) is 0 Å². The summed E-state index contributed by atoms with van der Waals surface area (Å²) in [6.45, 7) is 0.322. The van der Waals surface area contributed by atoms with E-state index in [1.807, 2.05) is 41.3 Å². The lowest BCUT2D eigenvalue weighted by atomic mass is 9.89. The van der Waals surface area contributed by atoms with Crippen molar-refractivity contribution in [3.05, 3.63) is 102 Å². The standard InChI is InChI=1S/C27H25NO2/c29-27(30-19-20-9-3-1-4-10-20)28-23-15-16-24(28)18-22(17-23)26-14-8-7-13-25(26)21-11-5-2-6-12-21/h1-14,17,23-24H,15-16,18-19H2. The van der Waals surface area contributed by atoms with E-state index in [1.54, 1.807) is 0 Å². The smallest absolute Gasteiger partial charge is 0.410 e. The zero-order valence-corrected chi connectivity index (χ0v) is 16.9. The Labute approximate surface area is 177 Å². The van der Waals surface area contributed by atoms with Crippen molar-refractivity contribution < 1.29 is 9.53 Å². The van der Waals surface area contributed by atoms with Gasteiger partial charge in [0.2, 0.25) is 0 Å². The van der Waals surface area contributed by atoms with E-state index < -0.39 is 0 Å². The highest BCUT2D eigenvalue weighted by molar-refractivity contribution is 5.83. The average molecular weight is 396 g/mol. The Balaban J connectivity index is 1.37. The molecule has 1 fully saturated rings. The van der Waals surface area contributed by atoms with Crippen LogP contribution in [0.25, 0.3) is 16.7 Å². The fourth-order valence-corrected chi connectivity index (χ4v) is 4.74. The van der Waals surface area contributed by atoms with Crippen LogP contribution in [0.5, 0.6) is 0 Å². The van der Waals surface area contributed by atoms with Gasteiger partial charge in [0.1, 0.15) is 6.61 Å². The van der Waals surface area contributed by atoms with Crippen LogP contribution < -0.4 is 0 Å². The number of fused-ring (bicyclic) bond motifs is 2. The van der Waals surface area contributed by atoms with Gasteiger partial charge in [-0.3, -0.25) is 4.90 Å². The summed E-state index contributed by atoms with van der Waals surface area (Å²) >= 11 is 0. The highest BCUT2D eigenvalue weighted by Crippen LogP contribution is 2.41. The van der Waals surface area contributed by atoms with Gasteiger partial charge in [0, 0.05) is 6.04 Å². The van der Waals surface area contributed by atoms with Crippen molar-refractivity contribution in [3.63, 3.8) is 0 Å². The molecule has 3 nitrogen and oxygen atoms in total. The minimum Gasteiger partial charge on any atom is -0.445 e. The Morgan fingerprint density at radius 2 is 1.50 bits per heavy atom. The van der Waals surface area contributed by atoms with Gasteiger partial charge >= 0.3 is 6.09 Å². The predicted molar refractivity (Wildman–Crippen MR) is 120 cm³/mol. The first-order chi connectivity index (χ1) is 14.8. The molecule has 5 rings (SSSR count). The monoisotopic (exact) mass is 395 g/mol. The number of benzene rings is 3. The fourth-order valence-electron chi connectivity index (χ4n) is 4.74. The van der Waals surface area contributed by atoms with Gasteiger partial charge in [-0.1, -0.05) is 91.0 Å². The molecular weight excluding hydrogens is 370 g/mol. The number of ether oxygens (including phenoxy) is 1. The fraction of sp³-hybridized carbons (Fsp3) is 0.222. The van der Waals surface area contributed by atoms with E-state index in [4.69, 9.17) is 4.74 Å². The zero-order valence-electron chi connectivity index (χ0n) is 16.9. The molecule has 2 aliphatic rings. The van der Waals surface area contributed by atoms with Crippen LogP contribution in [0.4, 0.5) is 4.79 Å². The van der Waals surface area contributed by atoms with Crippen LogP contribution in [0, 0.1) is 0 Å². The highest BCUT2D eigenvalue weighted by Gasteiger charge is 2.40. The lowest BCUT2D eigenvalue weighted by Gasteiger charge is -2.33. The predicted octanol–water partition coefficient (Wildman–Crippen LogP) is 6.31. The molecule has 3 aromatic carbocycles. The minimum atomic E-state index is -0.196. The molecule has 150 valence electrons. The van der Waals surface area contributed by atoms with Crippen molar-refractivity contribution in [2.75, 3.05) is 0 Å². The lowest BCUT2D eigenvalue weighted by Crippen LogP contribution is -2.43. The molecule has 0 saturated carbocycles. The molecule has 2 bridgehead atoms. The van der Waals surface area contributed by atoms with Gasteiger partial charge in [0.25, 0.3) is 0 Å². The van der Waals surface area contributed by atoms with E-state index in [1.165, 1.54) is 22.3 Å². The molecule has 0 N–H and O–H groups in total. The molecule has 0 aromatic heterocycles. The SMILES string of the molecule is O=C(OCc1ccccc1)N1C2C=C(c3ccccc3-c3ccccc3)CC1CC2. The quantitative estimate of drug-likeness (QED) is 0.518. The topological polar surface area (TPSA) is 29.5 Å². The van der Waals surface area contributed by atoms with Crippen molar-refractivity contribution in [1.82, 2.24) is 4.90 Å². The second-order valence-corrected chi connectivity index (χ2v) is 8.05. The molecule has 0 radical (unpaired) electrons. The Hall–Kier alpha value is -3.33. The maximum Gasteiger partial charge on any atom is 0.410 e. The number of nitrogens with zero attached hydrogens (tertiary/aromatic N) is 1. The number of rotatable bonds is 4. The molecule has 3 aromatic rings. The molecule has 3 heteroatoms. The third-order valence-electron chi connectivity index (χ3n) is 6.17. The third-order valence-corrected chi connectivity index (χ3v) is 6.17. The lowest BCUT2D eigenvalue weighted by molar-refractivity contribution is 0.0832. The van der Waals surface area contributed by atoms with Gasteiger partial charge in [0.05, 0.1) is 6.04 Å². The second-order valence-electron chi connectivity index (χ2n) is 8.05. The Morgan fingerprint density at radius 1 is 0.833 bits per heavy atom. The molecule has 0 aliphatic carbocycles. The molecule has 2 aliphatic heterocycles.